The van der Waals surface area contributed by atoms with Gasteiger partial charge in [-0.3, -0.25) is 0 Å². The molecule has 1 heterocycles. The largest absolute Gasteiger partial charge is 0.370 e. The Bertz CT molecular complexity index is 1340. The molecule has 4 fully saturated rings. The third kappa shape index (κ3) is 6.44. The van der Waals surface area contributed by atoms with Crippen LogP contribution in [0.5, 0.6) is 0 Å². The molecule has 9 rings (SSSR count). The zero-order chi connectivity index (χ0) is 32.8. The maximum Gasteiger partial charge on any atom is 0.0792 e. The molecule has 2 nitrogen and oxygen atoms in total. The van der Waals surface area contributed by atoms with Crippen LogP contribution < -0.4 is 0 Å². The molecule has 0 bridgehead atoms. The van der Waals surface area contributed by atoms with Crippen molar-refractivity contribution in [2.24, 2.45) is 41.4 Å². The second-order valence-corrected chi connectivity index (χ2v) is 18.9. The van der Waals surface area contributed by atoms with Crippen molar-refractivity contribution in [1.29, 1.82) is 0 Å². The number of hydrogen-bond acceptors (Lipinski definition) is 2. The average molecular weight is 664 g/mol. The predicted molar refractivity (Wildman–Crippen MR) is 204 cm³/mol. The minimum atomic E-state index is -0.0151. The molecular formula is C47H69NO. The fourth-order valence-corrected chi connectivity index (χ4v) is 13.8. The van der Waals surface area contributed by atoms with Crippen LogP contribution in [0, 0.1) is 41.4 Å². The molecule has 49 heavy (non-hydrogen) atoms. The van der Waals surface area contributed by atoms with Gasteiger partial charge in [0.2, 0.25) is 0 Å². The SMILES string of the molecule is CC12OC3C(C4CCCC4)CCCC3C1C=CCC2C1=CCCC(N(C2=CCC(C3CCCCC3)C2)C2CC=C(C3=CCCCC3)CC2)C1. The van der Waals surface area contributed by atoms with Gasteiger partial charge in [0, 0.05) is 29.6 Å². The highest BCUT2D eigenvalue weighted by Crippen LogP contribution is 2.59. The maximum absolute atomic E-state index is 7.58. The molecular weight excluding hydrogens is 595 g/mol. The van der Waals surface area contributed by atoms with Crippen molar-refractivity contribution >= 4 is 0 Å². The van der Waals surface area contributed by atoms with Gasteiger partial charge in [0.1, 0.15) is 0 Å². The molecule has 0 aromatic carbocycles. The Morgan fingerprint density at radius 1 is 0.612 bits per heavy atom. The van der Waals surface area contributed by atoms with Gasteiger partial charge in [-0.2, -0.15) is 0 Å². The number of ether oxygens (including phenoxy) is 1. The summed E-state index contributed by atoms with van der Waals surface area (Å²) in [4.78, 5) is 3.10. The van der Waals surface area contributed by atoms with Crippen LogP contribution in [0.4, 0.5) is 0 Å². The highest BCUT2D eigenvalue weighted by atomic mass is 16.5. The topological polar surface area (TPSA) is 12.5 Å². The summed E-state index contributed by atoms with van der Waals surface area (Å²) >= 11 is 0. The third-order valence-electron chi connectivity index (χ3n) is 16.3. The molecule has 0 radical (unpaired) electrons. The molecule has 0 amide bonds. The zero-order valence-electron chi connectivity index (χ0n) is 31.3. The molecule has 3 saturated carbocycles. The van der Waals surface area contributed by atoms with Gasteiger partial charge in [-0.25, -0.2) is 0 Å². The average Bonchev–Trinajstić information content (AvgIpc) is 3.93. The first-order valence-corrected chi connectivity index (χ1v) is 22.0. The lowest BCUT2D eigenvalue weighted by Crippen LogP contribution is -2.47. The van der Waals surface area contributed by atoms with Crippen LogP contribution >= 0.6 is 0 Å². The number of fused-ring (bicyclic) bond motifs is 3. The van der Waals surface area contributed by atoms with Crippen molar-refractivity contribution in [2.45, 2.75) is 191 Å². The van der Waals surface area contributed by atoms with E-state index < -0.39 is 0 Å². The molecule has 9 aliphatic rings. The Balaban J connectivity index is 0.954. The molecule has 0 aromatic rings. The lowest BCUT2D eigenvalue weighted by atomic mass is 9.62. The minimum absolute atomic E-state index is 0.0151. The minimum Gasteiger partial charge on any atom is -0.370 e. The highest BCUT2D eigenvalue weighted by Gasteiger charge is 2.59. The van der Waals surface area contributed by atoms with Crippen molar-refractivity contribution < 1.29 is 4.74 Å². The second kappa shape index (κ2) is 14.5. The van der Waals surface area contributed by atoms with Crippen LogP contribution in [0.1, 0.15) is 167 Å². The Hall–Kier alpha value is -1.54. The van der Waals surface area contributed by atoms with E-state index in [-0.39, 0.29) is 5.60 Å². The van der Waals surface area contributed by atoms with Gasteiger partial charge in [0.25, 0.3) is 0 Å². The van der Waals surface area contributed by atoms with Gasteiger partial charge in [0.15, 0.2) is 0 Å². The Morgan fingerprint density at radius 3 is 2.24 bits per heavy atom. The van der Waals surface area contributed by atoms with E-state index in [1.54, 1.807) is 22.4 Å². The predicted octanol–water partition coefficient (Wildman–Crippen LogP) is 12.6. The van der Waals surface area contributed by atoms with Gasteiger partial charge in [0.05, 0.1) is 11.7 Å². The second-order valence-electron chi connectivity index (χ2n) is 18.9. The molecule has 1 saturated heterocycles. The summed E-state index contributed by atoms with van der Waals surface area (Å²) in [5.41, 5.74) is 6.94. The fraction of sp³-hybridized carbons (Fsp3) is 0.787. The summed E-state index contributed by atoms with van der Waals surface area (Å²) in [6.07, 6.45) is 51.1. The van der Waals surface area contributed by atoms with Gasteiger partial charge in [-0.1, -0.05) is 106 Å². The first-order chi connectivity index (χ1) is 24.2. The van der Waals surface area contributed by atoms with Crippen molar-refractivity contribution in [2.75, 3.05) is 0 Å². The molecule has 8 aliphatic carbocycles. The third-order valence-corrected chi connectivity index (χ3v) is 16.3. The van der Waals surface area contributed by atoms with Crippen LogP contribution in [0.3, 0.4) is 0 Å². The fourth-order valence-electron chi connectivity index (χ4n) is 13.8. The Kier molecular flexibility index (Phi) is 9.84. The van der Waals surface area contributed by atoms with E-state index in [0.717, 1.165) is 29.6 Å². The summed E-state index contributed by atoms with van der Waals surface area (Å²) in [6, 6.07) is 1.34. The first kappa shape index (κ1) is 33.3. The van der Waals surface area contributed by atoms with Gasteiger partial charge in [-0.15, -0.1) is 0 Å². The summed E-state index contributed by atoms with van der Waals surface area (Å²) in [6.45, 7) is 2.58. The number of rotatable bonds is 7. The van der Waals surface area contributed by atoms with E-state index in [9.17, 15) is 0 Å². The van der Waals surface area contributed by atoms with Crippen molar-refractivity contribution in [3.63, 3.8) is 0 Å². The number of allylic oxidation sites excluding steroid dienone is 7. The van der Waals surface area contributed by atoms with E-state index in [0.29, 0.717) is 30.0 Å². The van der Waals surface area contributed by atoms with Crippen LogP contribution in [0.2, 0.25) is 0 Å². The monoisotopic (exact) mass is 664 g/mol. The van der Waals surface area contributed by atoms with E-state index in [4.69, 9.17) is 4.74 Å². The quantitative estimate of drug-likeness (QED) is 0.251. The molecule has 9 atom stereocenters. The number of nitrogens with zero attached hydrogens (tertiary/aromatic N) is 1. The lowest BCUT2D eigenvalue weighted by Gasteiger charge is -2.47. The zero-order valence-corrected chi connectivity index (χ0v) is 31.3. The van der Waals surface area contributed by atoms with Gasteiger partial charge in [-0.05, 0) is 144 Å². The van der Waals surface area contributed by atoms with Crippen LogP contribution in [-0.2, 0) is 4.74 Å². The summed E-state index contributed by atoms with van der Waals surface area (Å²) in [5.74, 6) is 5.56. The Labute approximate surface area is 300 Å². The van der Waals surface area contributed by atoms with E-state index in [1.165, 1.54) is 161 Å². The molecule has 9 unspecified atom stereocenters. The van der Waals surface area contributed by atoms with Crippen LogP contribution in [0.15, 0.2) is 58.9 Å². The van der Waals surface area contributed by atoms with E-state index in [2.05, 4.69) is 48.3 Å². The summed E-state index contributed by atoms with van der Waals surface area (Å²) in [5, 5.41) is 0. The van der Waals surface area contributed by atoms with E-state index in [1.807, 2.05) is 0 Å². The normalized spacial score (nSPS) is 41.8. The van der Waals surface area contributed by atoms with Gasteiger partial charge < -0.3 is 9.64 Å². The lowest BCUT2D eigenvalue weighted by molar-refractivity contribution is -0.105. The highest BCUT2D eigenvalue weighted by molar-refractivity contribution is 5.34. The smallest absolute Gasteiger partial charge is 0.0792 e. The standard InChI is InChI=1S/C47H69NO/c1-47-44(23-12-24-45(47)43-22-11-21-42(46(43)49-47)36-17-8-9-18-36)38-19-10-20-40(32-38)48(41-30-27-37(31-41)34-15-6-3-7-16-34)39-28-25-35(26-29-39)33-13-4-2-5-14-33/h12-13,19,24-25,30,34,36-37,39-40,42-46H,2-11,14-18,20-23,26-29,31-32H2,1H3. The maximum atomic E-state index is 7.58. The van der Waals surface area contributed by atoms with Crippen molar-refractivity contribution in [1.82, 2.24) is 4.90 Å². The van der Waals surface area contributed by atoms with Crippen molar-refractivity contribution in [3.8, 4) is 0 Å². The molecule has 0 N–H and O–H groups in total. The molecule has 0 aromatic heterocycles. The molecule has 0 spiro atoms. The van der Waals surface area contributed by atoms with Gasteiger partial charge >= 0.3 is 0 Å². The van der Waals surface area contributed by atoms with Crippen molar-refractivity contribution in [3.05, 3.63) is 58.9 Å². The van der Waals surface area contributed by atoms with E-state index >= 15 is 0 Å². The first-order valence-electron chi connectivity index (χ1n) is 22.0. The van der Waals surface area contributed by atoms with Crippen LogP contribution in [0.25, 0.3) is 0 Å². The number of hydrogen-bond donors (Lipinski definition) is 0. The Morgan fingerprint density at radius 2 is 1.43 bits per heavy atom. The summed E-state index contributed by atoms with van der Waals surface area (Å²) < 4.78 is 7.58. The molecule has 1 aliphatic heterocycles. The molecule has 2 heteroatoms. The van der Waals surface area contributed by atoms with Crippen LogP contribution in [-0.4, -0.2) is 28.7 Å². The summed E-state index contributed by atoms with van der Waals surface area (Å²) in [7, 11) is 0. The molecule has 268 valence electrons.